The topological polar surface area (TPSA) is 84.9 Å². The molecule has 0 heterocycles. The van der Waals surface area contributed by atoms with E-state index in [9.17, 15) is 13.2 Å². The molecule has 186 valence electrons. The van der Waals surface area contributed by atoms with Gasteiger partial charge in [0.25, 0.3) is 10.0 Å². The SMILES string of the molecule is CCOc1ccc(N(CC(=O)N[C@H](CC)c2ccc(OC)c(C)c2)S(=O)(=O)c2ccccc2)cc1. The van der Waals surface area contributed by atoms with Crippen molar-refractivity contribution < 1.29 is 22.7 Å². The summed E-state index contributed by atoms with van der Waals surface area (Å²) in [7, 11) is -2.37. The van der Waals surface area contributed by atoms with Crippen LogP contribution in [0, 0.1) is 6.92 Å². The van der Waals surface area contributed by atoms with Crippen molar-refractivity contribution in [3.8, 4) is 11.5 Å². The van der Waals surface area contributed by atoms with Crippen molar-refractivity contribution in [2.75, 3.05) is 24.6 Å². The molecular formula is C27H32N2O5S. The number of amides is 1. The van der Waals surface area contributed by atoms with Crippen LogP contribution in [0.2, 0.25) is 0 Å². The molecule has 0 bridgehead atoms. The fourth-order valence-corrected chi connectivity index (χ4v) is 5.26. The Kier molecular flexibility index (Phi) is 8.76. The fraction of sp³-hybridized carbons (Fsp3) is 0.296. The molecule has 0 unspecified atom stereocenters. The first-order valence-corrected chi connectivity index (χ1v) is 13.0. The Bertz CT molecular complexity index is 1230. The van der Waals surface area contributed by atoms with Crippen LogP contribution in [0.1, 0.15) is 37.4 Å². The van der Waals surface area contributed by atoms with Gasteiger partial charge in [-0.25, -0.2) is 8.42 Å². The number of nitrogens with zero attached hydrogens (tertiary/aromatic N) is 1. The van der Waals surface area contributed by atoms with E-state index in [2.05, 4.69) is 5.32 Å². The predicted molar refractivity (Wildman–Crippen MR) is 137 cm³/mol. The standard InChI is InChI=1S/C27H32N2O5S/c1-5-25(21-12-17-26(33-4)20(3)18-21)28-27(30)19-29(22-13-15-23(16-14-22)34-6-2)35(31,32)24-10-8-7-9-11-24/h7-18,25H,5-6,19H2,1-4H3,(H,28,30)/t25-/m1/s1. The van der Waals surface area contributed by atoms with E-state index >= 15 is 0 Å². The van der Waals surface area contributed by atoms with Gasteiger partial charge in [0.1, 0.15) is 18.0 Å². The lowest BCUT2D eigenvalue weighted by molar-refractivity contribution is -0.120. The quantitative estimate of drug-likeness (QED) is 0.410. The maximum atomic E-state index is 13.5. The van der Waals surface area contributed by atoms with Crippen molar-refractivity contribution in [3.63, 3.8) is 0 Å². The van der Waals surface area contributed by atoms with E-state index in [1.54, 1.807) is 49.6 Å². The molecule has 0 aromatic heterocycles. The average Bonchev–Trinajstić information content (AvgIpc) is 2.87. The number of benzene rings is 3. The summed E-state index contributed by atoms with van der Waals surface area (Å²) < 4.78 is 39.0. The minimum Gasteiger partial charge on any atom is -0.496 e. The van der Waals surface area contributed by atoms with E-state index in [1.165, 1.54) is 12.1 Å². The van der Waals surface area contributed by atoms with Gasteiger partial charge in [0.05, 0.1) is 30.3 Å². The Hall–Kier alpha value is -3.52. The highest BCUT2D eigenvalue weighted by Crippen LogP contribution is 2.27. The Morgan fingerprint density at radius 2 is 1.69 bits per heavy atom. The van der Waals surface area contributed by atoms with Crippen LogP contribution in [-0.2, 0) is 14.8 Å². The molecule has 3 rings (SSSR count). The molecular weight excluding hydrogens is 464 g/mol. The lowest BCUT2D eigenvalue weighted by Crippen LogP contribution is -2.42. The first-order chi connectivity index (χ1) is 16.8. The van der Waals surface area contributed by atoms with Crippen molar-refractivity contribution in [3.05, 3.63) is 83.9 Å². The number of rotatable bonds is 11. The highest BCUT2D eigenvalue weighted by Gasteiger charge is 2.28. The van der Waals surface area contributed by atoms with Gasteiger partial charge in [-0.1, -0.05) is 37.3 Å². The minimum atomic E-state index is -3.98. The number of hydrogen-bond donors (Lipinski definition) is 1. The second-order valence-electron chi connectivity index (χ2n) is 8.01. The van der Waals surface area contributed by atoms with Gasteiger partial charge in [0, 0.05) is 0 Å². The van der Waals surface area contributed by atoms with E-state index in [0.717, 1.165) is 21.2 Å². The lowest BCUT2D eigenvalue weighted by Gasteiger charge is -2.26. The number of nitrogens with one attached hydrogen (secondary N) is 1. The van der Waals surface area contributed by atoms with Crippen LogP contribution >= 0.6 is 0 Å². The Labute approximate surface area is 207 Å². The van der Waals surface area contributed by atoms with Crippen LogP contribution in [0.4, 0.5) is 5.69 Å². The number of anilines is 1. The summed E-state index contributed by atoms with van der Waals surface area (Å²) in [6, 6.07) is 20.2. The fourth-order valence-electron chi connectivity index (χ4n) is 3.82. The summed E-state index contributed by atoms with van der Waals surface area (Å²) in [6.07, 6.45) is 0.645. The number of aryl methyl sites for hydroxylation is 1. The van der Waals surface area contributed by atoms with Crippen LogP contribution in [0.5, 0.6) is 11.5 Å². The zero-order chi connectivity index (χ0) is 25.4. The van der Waals surface area contributed by atoms with E-state index in [1.807, 2.05) is 39.0 Å². The Morgan fingerprint density at radius 1 is 1.00 bits per heavy atom. The predicted octanol–water partition coefficient (Wildman–Crippen LogP) is 4.87. The summed E-state index contributed by atoms with van der Waals surface area (Å²) in [5.41, 5.74) is 2.26. The largest absolute Gasteiger partial charge is 0.496 e. The maximum absolute atomic E-state index is 13.5. The van der Waals surface area contributed by atoms with Gasteiger partial charge in [0.15, 0.2) is 0 Å². The molecule has 0 saturated carbocycles. The smallest absolute Gasteiger partial charge is 0.264 e. The van der Waals surface area contributed by atoms with Gasteiger partial charge in [0.2, 0.25) is 5.91 Å². The van der Waals surface area contributed by atoms with E-state index in [-0.39, 0.29) is 17.5 Å². The van der Waals surface area contributed by atoms with Crippen LogP contribution in [0.15, 0.2) is 77.7 Å². The van der Waals surface area contributed by atoms with Gasteiger partial charge in [-0.05, 0) is 73.9 Å². The third-order valence-corrected chi connectivity index (χ3v) is 7.41. The van der Waals surface area contributed by atoms with E-state index in [4.69, 9.17) is 9.47 Å². The molecule has 0 saturated heterocycles. The van der Waals surface area contributed by atoms with Gasteiger partial charge in [-0.15, -0.1) is 0 Å². The van der Waals surface area contributed by atoms with Crippen LogP contribution < -0.4 is 19.1 Å². The maximum Gasteiger partial charge on any atom is 0.264 e. The molecule has 1 atom stereocenters. The second kappa shape index (κ2) is 11.8. The molecule has 0 aliphatic carbocycles. The first kappa shape index (κ1) is 26.1. The minimum absolute atomic E-state index is 0.111. The molecule has 0 spiro atoms. The number of methoxy groups -OCH3 is 1. The summed E-state index contributed by atoms with van der Waals surface area (Å²) >= 11 is 0. The molecule has 0 aliphatic heterocycles. The van der Waals surface area contributed by atoms with E-state index in [0.29, 0.717) is 24.5 Å². The number of carbonyl (C=O) groups is 1. The lowest BCUT2D eigenvalue weighted by atomic mass is 10.0. The summed E-state index contributed by atoms with van der Waals surface area (Å²) in [4.78, 5) is 13.3. The van der Waals surface area contributed by atoms with Crippen molar-refractivity contribution in [2.45, 2.75) is 38.1 Å². The number of hydrogen-bond acceptors (Lipinski definition) is 5. The molecule has 0 radical (unpaired) electrons. The molecule has 1 amide bonds. The average molecular weight is 497 g/mol. The molecule has 35 heavy (non-hydrogen) atoms. The number of carbonyl (C=O) groups excluding carboxylic acids is 1. The normalized spacial score (nSPS) is 12.0. The van der Waals surface area contributed by atoms with Crippen molar-refractivity contribution in [2.24, 2.45) is 0 Å². The van der Waals surface area contributed by atoms with Gasteiger partial charge >= 0.3 is 0 Å². The number of sulfonamides is 1. The second-order valence-corrected chi connectivity index (χ2v) is 9.87. The Balaban J connectivity index is 1.89. The zero-order valence-electron chi connectivity index (χ0n) is 20.5. The van der Waals surface area contributed by atoms with Crippen LogP contribution in [0.25, 0.3) is 0 Å². The molecule has 7 nitrogen and oxygen atoms in total. The van der Waals surface area contributed by atoms with E-state index < -0.39 is 15.9 Å². The molecule has 3 aromatic carbocycles. The van der Waals surface area contributed by atoms with Crippen LogP contribution in [-0.4, -0.2) is 34.6 Å². The van der Waals surface area contributed by atoms with Crippen molar-refractivity contribution >= 4 is 21.6 Å². The van der Waals surface area contributed by atoms with Gasteiger partial charge < -0.3 is 14.8 Å². The molecule has 1 N–H and O–H groups in total. The zero-order valence-corrected chi connectivity index (χ0v) is 21.3. The monoisotopic (exact) mass is 496 g/mol. The van der Waals surface area contributed by atoms with Crippen molar-refractivity contribution in [1.29, 1.82) is 0 Å². The third kappa shape index (κ3) is 6.33. The molecule has 0 aliphatic rings. The van der Waals surface area contributed by atoms with Crippen LogP contribution in [0.3, 0.4) is 0 Å². The highest BCUT2D eigenvalue weighted by molar-refractivity contribution is 7.92. The third-order valence-electron chi connectivity index (χ3n) is 5.62. The number of ether oxygens (including phenoxy) is 2. The summed E-state index contributed by atoms with van der Waals surface area (Å²) in [5, 5.41) is 2.99. The first-order valence-electron chi connectivity index (χ1n) is 11.5. The van der Waals surface area contributed by atoms with Crippen molar-refractivity contribution in [1.82, 2.24) is 5.32 Å². The molecule has 0 fully saturated rings. The summed E-state index contributed by atoms with van der Waals surface area (Å²) in [5.74, 6) is 0.989. The summed E-state index contributed by atoms with van der Waals surface area (Å²) in [6.45, 7) is 5.92. The van der Waals surface area contributed by atoms with Gasteiger partial charge in [-0.2, -0.15) is 0 Å². The Morgan fingerprint density at radius 3 is 2.26 bits per heavy atom. The molecule has 8 heteroatoms. The van der Waals surface area contributed by atoms with Gasteiger partial charge in [-0.3, -0.25) is 9.10 Å². The highest BCUT2D eigenvalue weighted by atomic mass is 32.2. The molecule has 3 aromatic rings.